The number of allylic oxidation sites excluding steroid dienone is 1. The molecule has 8 nitrogen and oxygen atoms in total. The van der Waals surface area contributed by atoms with Gasteiger partial charge in [0, 0.05) is 37.0 Å². The first kappa shape index (κ1) is 29.7. The fourth-order valence-corrected chi connectivity index (χ4v) is 10.00. The lowest BCUT2D eigenvalue weighted by atomic mass is 9.43. The maximum absolute atomic E-state index is 13.7. The minimum atomic E-state index is -1.33. The molecule has 9 heteroatoms. The number of fused-ring (bicyclic) bond motifs is 2. The number of carbonyl (C=O) groups is 3. The molecule has 3 unspecified atom stereocenters. The van der Waals surface area contributed by atoms with E-state index in [0.29, 0.717) is 43.4 Å². The largest absolute Gasteiger partial charge is 0.481 e. The molecule has 40 heavy (non-hydrogen) atoms. The number of nitrogens with zero attached hydrogens (tertiary/aromatic N) is 1. The predicted molar refractivity (Wildman–Crippen MR) is 149 cm³/mol. The molecule has 0 aromatic rings. The normalized spacial score (nSPS) is 44.2. The van der Waals surface area contributed by atoms with Crippen molar-refractivity contribution in [2.45, 2.75) is 78.8 Å². The highest BCUT2D eigenvalue weighted by Crippen LogP contribution is 2.82. The zero-order valence-corrected chi connectivity index (χ0v) is 25.1. The first-order valence-corrected chi connectivity index (χ1v) is 15.1. The van der Waals surface area contributed by atoms with E-state index in [-0.39, 0.29) is 36.4 Å². The van der Waals surface area contributed by atoms with E-state index in [0.717, 1.165) is 24.7 Å². The second kappa shape index (κ2) is 10.5. The van der Waals surface area contributed by atoms with Crippen molar-refractivity contribution in [3.63, 3.8) is 0 Å². The Hall–Kier alpha value is -1.74. The molecule has 0 spiro atoms. The molecule has 4 bridgehead atoms. The number of aldehydes is 1. The number of carboxylic acids is 1. The number of hydrogen-bond donors (Lipinski definition) is 1. The smallest absolute Gasteiger partial charge is 0.315 e. The average Bonchev–Trinajstić information content (AvgIpc) is 3.38. The molecule has 1 N–H and O–H groups in total. The van der Waals surface area contributed by atoms with Gasteiger partial charge in [-0.3, -0.25) is 14.5 Å². The first-order chi connectivity index (χ1) is 18.8. The van der Waals surface area contributed by atoms with Crippen LogP contribution < -0.4 is 0 Å². The summed E-state index contributed by atoms with van der Waals surface area (Å²) in [6, 6.07) is 0. The van der Waals surface area contributed by atoms with Crippen molar-refractivity contribution >= 4 is 29.8 Å². The zero-order valence-electron chi connectivity index (χ0n) is 24.4. The number of rotatable bonds is 9. The van der Waals surface area contributed by atoms with Gasteiger partial charge in [0.25, 0.3) is 0 Å². The second-order valence-electron chi connectivity index (χ2n) is 13.5. The molecule has 1 heterocycles. The maximum atomic E-state index is 13.7. The van der Waals surface area contributed by atoms with E-state index in [4.69, 9.17) is 25.8 Å². The van der Waals surface area contributed by atoms with E-state index in [9.17, 15) is 19.5 Å². The van der Waals surface area contributed by atoms with Gasteiger partial charge in [0.2, 0.25) is 0 Å². The Morgan fingerprint density at radius 1 is 1.27 bits per heavy atom. The Bertz CT molecular complexity index is 1110. The Morgan fingerprint density at radius 3 is 2.60 bits per heavy atom. The summed E-state index contributed by atoms with van der Waals surface area (Å²) in [6.45, 7) is 14.8. The molecule has 4 aliphatic carbocycles. The molecule has 0 amide bonds. The van der Waals surface area contributed by atoms with Crippen LogP contribution in [0.1, 0.15) is 60.3 Å². The third-order valence-corrected chi connectivity index (χ3v) is 11.1. The lowest BCUT2D eigenvalue weighted by Gasteiger charge is -2.58. The number of halogens is 1. The fourth-order valence-electron chi connectivity index (χ4n) is 9.83. The van der Waals surface area contributed by atoms with Crippen LogP contribution in [0.15, 0.2) is 23.3 Å². The van der Waals surface area contributed by atoms with Gasteiger partial charge in [0.15, 0.2) is 12.4 Å². The minimum Gasteiger partial charge on any atom is -0.481 e. The average molecular weight is 578 g/mol. The highest BCUT2D eigenvalue weighted by molar-refractivity contribution is 6.29. The monoisotopic (exact) mass is 577 g/mol. The van der Waals surface area contributed by atoms with Gasteiger partial charge in [-0.05, 0) is 55.8 Å². The van der Waals surface area contributed by atoms with Crippen LogP contribution >= 0.6 is 11.6 Å². The van der Waals surface area contributed by atoms with Crippen molar-refractivity contribution in [1.29, 1.82) is 0 Å². The van der Waals surface area contributed by atoms with Gasteiger partial charge in [-0.1, -0.05) is 57.0 Å². The molecule has 0 aromatic heterocycles. The molecule has 5 aliphatic rings. The first-order valence-electron chi connectivity index (χ1n) is 14.7. The number of esters is 1. The van der Waals surface area contributed by atoms with Crippen LogP contribution in [-0.4, -0.2) is 73.0 Å². The number of carboxylic acid groups (broad SMARTS) is 1. The van der Waals surface area contributed by atoms with Crippen molar-refractivity contribution in [2.24, 2.45) is 45.8 Å². The lowest BCUT2D eigenvalue weighted by Crippen LogP contribution is -2.63. The predicted octanol–water partition coefficient (Wildman–Crippen LogP) is 4.66. The molecular formula is C31H44ClNO7. The van der Waals surface area contributed by atoms with Crippen molar-refractivity contribution in [2.75, 3.05) is 26.2 Å². The highest BCUT2D eigenvalue weighted by atomic mass is 35.5. The zero-order chi connectivity index (χ0) is 29.2. The summed E-state index contributed by atoms with van der Waals surface area (Å²) in [5.41, 5.74) is -2.22. The van der Waals surface area contributed by atoms with Crippen LogP contribution in [0.4, 0.5) is 0 Å². The summed E-state index contributed by atoms with van der Waals surface area (Å²) in [5.74, 6) is -0.751. The fraction of sp³-hybridized carbons (Fsp3) is 0.774. The Labute approximate surface area is 242 Å². The van der Waals surface area contributed by atoms with Gasteiger partial charge in [-0.15, -0.1) is 0 Å². The van der Waals surface area contributed by atoms with E-state index in [1.165, 1.54) is 6.92 Å². The van der Waals surface area contributed by atoms with Crippen molar-refractivity contribution in [3.05, 3.63) is 23.3 Å². The van der Waals surface area contributed by atoms with Crippen LogP contribution in [0.2, 0.25) is 0 Å². The topological polar surface area (TPSA) is 102 Å². The molecule has 222 valence electrons. The number of aliphatic carboxylic acids is 1. The van der Waals surface area contributed by atoms with Gasteiger partial charge in [0.05, 0.1) is 18.1 Å². The molecule has 5 rings (SSSR count). The number of hydrogen-bond acceptors (Lipinski definition) is 7. The Kier molecular flexibility index (Phi) is 7.82. The molecule has 10 atom stereocenters. The van der Waals surface area contributed by atoms with E-state index < -0.39 is 40.6 Å². The number of ether oxygens (including phenoxy) is 3. The van der Waals surface area contributed by atoms with Gasteiger partial charge in [0.1, 0.15) is 11.7 Å². The van der Waals surface area contributed by atoms with E-state index in [1.807, 2.05) is 25.7 Å². The standard InChI is InChI=1S/C31H44ClNO7/c1-17(2)25-9-22-10-29(15-34)24-8-7-18(3)23(24)11-30(22,31(25,29)28(36)37)16-38-27-26(40-21(6)35)14-33(12-19(4)32)13-20(5)39-27/h9,15,17-18,20,22-24,26-27H,4,7-8,10-14,16H2,1-3,5-6H3,(H,36,37)/t18-,20-,22?,23-,24-,26+,27-,29?,30?,31+/m1/s1. The van der Waals surface area contributed by atoms with E-state index in [2.05, 4.69) is 19.6 Å². The third kappa shape index (κ3) is 4.15. The molecule has 1 saturated heterocycles. The Morgan fingerprint density at radius 2 is 2.00 bits per heavy atom. The molecular weight excluding hydrogens is 534 g/mol. The molecule has 3 saturated carbocycles. The van der Waals surface area contributed by atoms with Crippen LogP contribution in [0, 0.1) is 45.8 Å². The van der Waals surface area contributed by atoms with Gasteiger partial charge in [-0.2, -0.15) is 0 Å². The quantitative estimate of drug-likeness (QED) is 0.240. The lowest BCUT2D eigenvalue weighted by molar-refractivity contribution is -0.240. The van der Waals surface area contributed by atoms with E-state index >= 15 is 0 Å². The maximum Gasteiger partial charge on any atom is 0.315 e. The van der Waals surface area contributed by atoms with Crippen LogP contribution in [0.5, 0.6) is 0 Å². The second-order valence-corrected chi connectivity index (χ2v) is 14.0. The third-order valence-electron chi connectivity index (χ3n) is 11.0. The Balaban J connectivity index is 1.54. The highest BCUT2D eigenvalue weighted by Gasteiger charge is 2.84. The summed E-state index contributed by atoms with van der Waals surface area (Å²) >= 11 is 6.11. The molecule has 4 fully saturated rings. The molecule has 0 radical (unpaired) electrons. The molecule has 0 aromatic carbocycles. The van der Waals surface area contributed by atoms with Crippen molar-refractivity contribution < 1.29 is 33.7 Å². The minimum absolute atomic E-state index is 0.0179. The number of carbonyl (C=O) groups excluding carboxylic acids is 2. The summed E-state index contributed by atoms with van der Waals surface area (Å²) in [5, 5.41) is 11.7. The van der Waals surface area contributed by atoms with Gasteiger partial charge < -0.3 is 24.1 Å². The van der Waals surface area contributed by atoms with Gasteiger partial charge in [-0.25, -0.2) is 0 Å². The summed E-state index contributed by atoms with van der Waals surface area (Å²) in [4.78, 5) is 41.1. The van der Waals surface area contributed by atoms with Crippen molar-refractivity contribution in [1.82, 2.24) is 4.90 Å². The molecule has 1 aliphatic heterocycles. The van der Waals surface area contributed by atoms with Crippen LogP contribution in [-0.2, 0) is 28.6 Å². The van der Waals surface area contributed by atoms with Gasteiger partial charge >= 0.3 is 11.9 Å². The van der Waals surface area contributed by atoms with Crippen LogP contribution in [0.3, 0.4) is 0 Å². The van der Waals surface area contributed by atoms with Crippen LogP contribution in [0.25, 0.3) is 0 Å². The van der Waals surface area contributed by atoms with E-state index in [1.54, 1.807) is 0 Å². The van der Waals surface area contributed by atoms with Crippen molar-refractivity contribution in [3.8, 4) is 0 Å². The summed E-state index contributed by atoms with van der Waals surface area (Å²) in [7, 11) is 0. The summed E-state index contributed by atoms with van der Waals surface area (Å²) < 4.78 is 18.6. The SMILES string of the molecule is C=C(Cl)CN1C[C@@H](C)O[C@@H](OCC23C[C@@H]4[C@H](C)CC[C@H]4C4(C=O)CC2C=C(C(C)C)[C@@]34C(=O)O)[C@@H](OC(C)=O)C1. The summed E-state index contributed by atoms with van der Waals surface area (Å²) in [6.07, 6.45) is 4.41.